The van der Waals surface area contributed by atoms with Crippen molar-refractivity contribution in [3.05, 3.63) is 58.3 Å². The van der Waals surface area contributed by atoms with Crippen LogP contribution >= 0.6 is 15.9 Å². The molecular formula is C22H21BrN2O6. The quantitative estimate of drug-likeness (QED) is 0.273. The third kappa shape index (κ3) is 5.85. The highest BCUT2D eigenvalue weighted by molar-refractivity contribution is 9.10. The van der Waals surface area contributed by atoms with E-state index in [1.165, 1.54) is 6.21 Å². The fourth-order valence-electron chi connectivity index (χ4n) is 2.71. The molecule has 3 rings (SSSR count). The molecule has 0 radical (unpaired) electrons. The number of hydrazone groups is 1. The second-order valence-electron chi connectivity index (χ2n) is 6.20. The van der Waals surface area contributed by atoms with Gasteiger partial charge in [0.1, 0.15) is 5.58 Å². The molecule has 1 heterocycles. The van der Waals surface area contributed by atoms with Gasteiger partial charge in [-0.1, -0.05) is 18.2 Å². The lowest BCUT2D eigenvalue weighted by Crippen LogP contribution is -2.17. The molecule has 1 amide bonds. The van der Waals surface area contributed by atoms with Gasteiger partial charge in [0.25, 0.3) is 0 Å². The summed E-state index contributed by atoms with van der Waals surface area (Å²) in [4.78, 5) is 23.9. The van der Waals surface area contributed by atoms with Crippen molar-refractivity contribution < 1.29 is 28.2 Å². The zero-order chi connectivity index (χ0) is 22.2. The molecule has 31 heavy (non-hydrogen) atoms. The Balaban J connectivity index is 1.70. The van der Waals surface area contributed by atoms with E-state index in [0.717, 1.165) is 5.39 Å². The number of fused-ring (bicyclic) bond motifs is 1. The number of furan rings is 1. The molecule has 1 aromatic heterocycles. The fraction of sp³-hybridized carbons (Fsp3) is 0.227. The van der Waals surface area contributed by atoms with Gasteiger partial charge >= 0.3 is 11.9 Å². The second-order valence-corrected chi connectivity index (χ2v) is 7.06. The van der Waals surface area contributed by atoms with Crippen LogP contribution in [-0.2, 0) is 9.53 Å². The Kier molecular flexibility index (Phi) is 7.66. The molecule has 162 valence electrons. The highest BCUT2D eigenvalue weighted by atomic mass is 79.9. The summed E-state index contributed by atoms with van der Waals surface area (Å²) in [5.41, 5.74) is 3.70. The minimum Gasteiger partial charge on any atom is -0.490 e. The number of nitrogens with zero attached hydrogens (tertiary/aromatic N) is 1. The standard InChI is InChI=1S/C22H21BrN2O6/c1-3-28-18-10-14(9-16(23)21(18)30-13-20(26)29-4-2)12-24-25-22(27)19-11-15-7-5-6-8-17(15)31-19/h5-12H,3-4,13H2,1-2H3,(H,25,27)/b24-12+. The molecule has 0 unspecified atom stereocenters. The van der Waals surface area contributed by atoms with E-state index >= 15 is 0 Å². The Morgan fingerprint density at radius 2 is 1.94 bits per heavy atom. The third-order valence-corrected chi connectivity index (χ3v) is 4.59. The van der Waals surface area contributed by atoms with Crippen molar-refractivity contribution in [3.63, 3.8) is 0 Å². The number of halogens is 1. The smallest absolute Gasteiger partial charge is 0.344 e. The molecule has 0 bridgehead atoms. The highest BCUT2D eigenvalue weighted by Gasteiger charge is 2.15. The lowest BCUT2D eigenvalue weighted by molar-refractivity contribution is -0.145. The molecule has 0 fully saturated rings. The Labute approximate surface area is 187 Å². The van der Waals surface area contributed by atoms with E-state index < -0.39 is 11.9 Å². The summed E-state index contributed by atoms with van der Waals surface area (Å²) in [7, 11) is 0. The average Bonchev–Trinajstić information content (AvgIpc) is 3.18. The van der Waals surface area contributed by atoms with Crippen LogP contribution in [0.25, 0.3) is 11.0 Å². The van der Waals surface area contributed by atoms with E-state index in [1.54, 1.807) is 31.2 Å². The number of amides is 1. The number of nitrogens with one attached hydrogen (secondary N) is 1. The van der Waals surface area contributed by atoms with Gasteiger partial charge in [0.2, 0.25) is 0 Å². The van der Waals surface area contributed by atoms with Gasteiger partial charge in [-0.3, -0.25) is 4.79 Å². The summed E-state index contributed by atoms with van der Waals surface area (Å²) in [5.74, 6) is 0.0172. The number of carbonyl (C=O) groups excluding carboxylic acids is 2. The van der Waals surface area contributed by atoms with E-state index in [9.17, 15) is 9.59 Å². The maximum atomic E-state index is 12.3. The first-order chi connectivity index (χ1) is 15.0. The molecule has 0 aliphatic carbocycles. The predicted octanol–water partition coefficient (Wildman–Crippen LogP) is 4.30. The Morgan fingerprint density at radius 3 is 2.68 bits per heavy atom. The van der Waals surface area contributed by atoms with E-state index in [4.69, 9.17) is 18.6 Å². The van der Waals surface area contributed by atoms with Gasteiger partial charge in [-0.2, -0.15) is 5.10 Å². The SMILES string of the molecule is CCOC(=O)COc1c(Br)cc(/C=N/NC(=O)c2cc3ccccc3o2)cc1OCC. The molecule has 0 aliphatic heterocycles. The van der Waals surface area contributed by atoms with Gasteiger partial charge in [0.15, 0.2) is 23.9 Å². The molecule has 0 aliphatic rings. The minimum atomic E-state index is -0.476. The van der Waals surface area contributed by atoms with Crippen LogP contribution in [0.4, 0.5) is 0 Å². The molecule has 3 aromatic rings. The maximum Gasteiger partial charge on any atom is 0.344 e. The van der Waals surface area contributed by atoms with Gasteiger partial charge in [-0.25, -0.2) is 10.2 Å². The Bertz CT molecular complexity index is 1080. The molecule has 1 N–H and O–H groups in total. The summed E-state index contributed by atoms with van der Waals surface area (Å²) >= 11 is 3.41. The van der Waals surface area contributed by atoms with Gasteiger partial charge < -0.3 is 18.6 Å². The molecule has 8 nitrogen and oxygen atoms in total. The first-order valence-electron chi connectivity index (χ1n) is 9.58. The molecule has 0 saturated heterocycles. The van der Waals surface area contributed by atoms with Crippen LogP contribution in [-0.4, -0.2) is 37.9 Å². The lowest BCUT2D eigenvalue weighted by Gasteiger charge is -2.14. The second kappa shape index (κ2) is 10.6. The van der Waals surface area contributed by atoms with Crippen molar-refractivity contribution in [2.75, 3.05) is 19.8 Å². The van der Waals surface area contributed by atoms with E-state index in [1.807, 2.05) is 25.1 Å². The van der Waals surface area contributed by atoms with Gasteiger partial charge in [0, 0.05) is 5.39 Å². The zero-order valence-electron chi connectivity index (χ0n) is 17.0. The lowest BCUT2D eigenvalue weighted by atomic mass is 10.2. The molecule has 0 saturated carbocycles. The summed E-state index contributed by atoms with van der Waals surface area (Å²) in [6.07, 6.45) is 1.46. The summed E-state index contributed by atoms with van der Waals surface area (Å²) < 4.78 is 22.1. The van der Waals surface area contributed by atoms with Crippen LogP contribution in [0, 0.1) is 0 Å². The Morgan fingerprint density at radius 1 is 1.13 bits per heavy atom. The Hall–Kier alpha value is -3.33. The minimum absolute atomic E-state index is 0.164. The van der Waals surface area contributed by atoms with Gasteiger partial charge in [-0.15, -0.1) is 0 Å². The number of benzene rings is 2. The fourth-order valence-corrected chi connectivity index (χ4v) is 3.29. The van der Waals surface area contributed by atoms with Crippen LogP contribution in [0.2, 0.25) is 0 Å². The number of esters is 1. The molecule has 9 heteroatoms. The molecule has 0 spiro atoms. The topological polar surface area (TPSA) is 99.4 Å². The number of ether oxygens (including phenoxy) is 3. The molecule has 0 atom stereocenters. The van der Waals surface area contributed by atoms with Gasteiger partial charge in [0.05, 0.1) is 23.9 Å². The normalized spacial score (nSPS) is 10.9. The van der Waals surface area contributed by atoms with E-state index in [0.29, 0.717) is 33.7 Å². The number of carbonyl (C=O) groups is 2. The van der Waals surface area contributed by atoms with Crippen molar-refractivity contribution in [1.29, 1.82) is 0 Å². The van der Waals surface area contributed by atoms with E-state index in [-0.39, 0.29) is 19.0 Å². The summed E-state index contributed by atoms with van der Waals surface area (Å²) in [5, 5.41) is 4.82. The first kappa shape index (κ1) is 22.4. The first-order valence-corrected chi connectivity index (χ1v) is 10.4. The van der Waals surface area contributed by atoms with Crippen molar-refractivity contribution in [3.8, 4) is 11.5 Å². The van der Waals surface area contributed by atoms with Crippen LogP contribution in [0.5, 0.6) is 11.5 Å². The number of hydrogen-bond donors (Lipinski definition) is 1. The zero-order valence-corrected chi connectivity index (χ0v) is 18.6. The van der Waals surface area contributed by atoms with Crippen molar-refractivity contribution in [1.82, 2.24) is 5.43 Å². The van der Waals surface area contributed by atoms with Crippen LogP contribution in [0.3, 0.4) is 0 Å². The largest absolute Gasteiger partial charge is 0.490 e. The van der Waals surface area contributed by atoms with Crippen LogP contribution < -0.4 is 14.9 Å². The van der Waals surface area contributed by atoms with Crippen LogP contribution in [0.15, 0.2) is 56.5 Å². The maximum absolute atomic E-state index is 12.3. The van der Waals surface area contributed by atoms with E-state index in [2.05, 4.69) is 26.5 Å². The van der Waals surface area contributed by atoms with Crippen molar-refractivity contribution in [2.45, 2.75) is 13.8 Å². The number of para-hydroxylation sites is 1. The average molecular weight is 489 g/mol. The number of hydrogen-bond acceptors (Lipinski definition) is 7. The molecular weight excluding hydrogens is 468 g/mol. The summed E-state index contributed by atoms with van der Waals surface area (Å²) in [6, 6.07) is 12.4. The monoisotopic (exact) mass is 488 g/mol. The molecule has 2 aromatic carbocycles. The van der Waals surface area contributed by atoms with Crippen LogP contribution in [0.1, 0.15) is 30.0 Å². The highest BCUT2D eigenvalue weighted by Crippen LogP contribution is 2.36. The van der Waals surface area contributed by atoms with Gasteiger partial charge in [-0.05, 0) is 59.6 Å². The number of rotatable bonds is 9. The van der Waals surface area contributed by atoms with Crippen molar-refractivity contribution in [2.24, 2.45) is 5.10 Å². The predicted molar refractivity (Wildman–Crippen MR) is 119 cm³/mol. The third-order valence-electron chi connectivity index (χ3n) is 4.00. The summed E-state index contributed by atoms with van der Waals surface area (Å²) in [6.45, 7) is 3.98. The van der Waals surface area contributed by atoms with Crippen molar-refractivity contribution >= 4 is 45.0 Å².